The van der Waals surface area contributed by atoms with E-state index in [0.29, 0.717) is 23.8 Å². The fraction of sp³-hybridized carbons (Fsp3) is 0.548. The van der Waals surface area contributed by atoms with Crippen LogP contribution in [0.2, 0.25) is 0 Å². The summed E-state index contributed by atoms with van der Waals surface area (Å²) >= 11 is 0. The van der Waals surface area contributed by atoms with E-state index in [0.717, 1.165) is 49.4 Å². The predicted molar refractivity (Wildman–Crippen MR) is 144 cm³/mol. The minimum Gasteiger partial charge on any atom is -0.349 e. The molecule has 5 rings (SSSR count). The van der Waals surface area contributed by atoms with Crippen molar-refractivity contribution in [3.8, 4) is 0 Å². The zero-order chi connectivity index (χ0) is 27.7. The van der Waals surface area contributed by atoms with Crippen molar-refractivity contribution in [3.63, 3.8) is 0 Å². The number of aryl methyl sites for hydroxylation is 2. The van der Waals surface area contributed by atoms with Crippen molar-refractivity contribution in [1.29, 1.82) is 0 Å². The Kier molecular flexibility index (Phi) is 8.04. The van der Waals surface area contributed by atoms with Crippen molar-refractivity contribution in [2.24, 2.45) is 17.8 Å². The van der Waals surface area contributed by atoms with Crippen LogP contribution in [-0.4, -0.2) is 60.3 Å². The van der Waals surface area contributed by atoms with Crippen LogP contribution in [0.3, 0.4) is 0 Å². The molecule has 3 aliphatic rings. The number of alkyl halides is 2. The van der Waals surface area contributed by atoms with E-state index in [1.165, 1.54) is 12.1 Å². The summed E-state index contributed by atoms with van der Waals surface area (Å²) < 4.78 is 41.2. The predicted octanol–water partition coefficient (Wildman–Crippen LogP) is 5.52. The summed E-state index contributed by atoms with van der Waals surface area (Å²) in [6, 6.07) is 11.8. The average molecular weight is 542 g/mol. The van der Waals surface area contributed by atoms with E-state index in [1.807, 2.05) is 36.9 Å². The summed E-state index contributed by atoms with van der Waals surface area (Å²) in [5, 5.41) is 3.05. The fourth-order valence-electron chi connectivity index (χ4n) is 6.70. The van der Waals surface area contributed by atoms with Gasteiger partial charge in [-0.05, 0) is 73.8 Å². The summed E-state index contributed by atoms with van der Waals surface area (Å²) in [5.74, 6) is -2.79. The second-order valence-corrected chi connectivity index (χ2v) is 11.8. The second kappa shape index (κ2) is 11.3. The SMILES string of the molecule is Cc1cccc(C)c1C(=O)N1CC2CN(CCC(NC(=O)C3CCC(F)(F)CC3)c3cccc(F)c3)C[C@H]2C1. The van der Waals surface area contributed by atoms with Crippen LogP contribution in [0.4, 0.5) is 13.2 Å². The lowest BCUT2D eigenvalue weighted by atomic mass is 9.86. The number of amides is 2. The number of nitrogens with one attached hydrogen (secondary N) is 1. The number of hydrogen-bond donors (Lipinski definition) is 1. The highest BCUT2D eigenvalue weighted by Gasteiger charge is 2.42. The van der Waals surface area contributed by atoms with Gasteiger partial charge in [0.2, 0.25) is 11.8 Å². The highest BCUT2D eigenvalue weighted by Crippen LogP contribution is 2.37. The molecular formula is C31H38F3N3O2. The summed E-state index contributed by atoms with van der Waals surface area (Å²) in [5.41, 5.74) is 3.51. The van der Waals surface area contributed by atoms with Gasteiger partial charge in [-0.3, -0.25) is 9.59 Å². The molecule has 0 radical (unpaired) electrons. The van der Waals surface area contributed by atoms with Crippen LogP contribution in [0, 0.1) is 37.4 Å². The van der Waals surface area contributed by atoms with Gasteiger partial charge in [0.05, 0.1) is 6.04 Å². The summed E-state index contributed by atoms with van der Waals surface area (Å²) in [6.07, 6.45) is 0.399. The van der Waals surface area contributed by atoms with Crippen molar-refractivity contribution >= 4 is 11.8 Å². The summed E-state index contributed by atoms with van der Waals surface area (Å²) in [6.45, 7) is 7.92. The maximum Gasteiger partial charge on any atom is 0.254 e. The Morgan fingerprint density at radius 2 is 1.59 bits per heavy atom. The third kappa shape index (κ3) is 6.32. The molecule has 1 saturated carbocycles. The highest BCUT2D eigenvalue weighted by atomic mass is 19.3. The molecule has 2 unspecified atom stereocenters. The van der Waals surface area contributed by atoms with Crippen LogP contribution in [-0.2, 0) is 4.79 Å². The number of nitrogens with zero attached hydrogens (tertiary/aromatic N) is 2. The zero-order valence-corrected chi connectivity index (χ0v) is 22.8. The Bertz CT molecular complexity index is 1180. The number of halogens is 3. The number of carbonyl (C=O) groups is 2. The van der Waals surface area contributed by atoms with E-state index in [9.17, 15) is 22.8 Å². The number of hydrogen-bond acceptors (Lipinski definition) is 3. The molecule has 39 heavy (non-hydrogen) atoms. The molecule has 1 N–H and O–H groups in total. The number of carbonyl (C=O) groups excluding carboxylic acids is 2. The molecule has 1 aliphatic carbocycles. The third-order valence-corrected chi connectivity index (χ3v) is 8.93. The molecular weight excluding hydrogens is 503 g/mol. The normalized spacial score (nSPS) is 24.0. The van der Waals surface area contributed by atoms with Gasteiger partial charge < -0.3 is 15.1 Å². The Labute approximate surface area is 228 Å². The van der Waals surface area contributed by atoms with Gasteiger partial charge in [-0.1, -0.05) is 30.3 Å². The van der Waals surface area contributed by atoms with Gasteiger partial charge in [-0.15, -0.1) is 0 Å². The smallest absolute Gasteiger partial charge is 0.254 e. The van der Waals surface area contributed by atoms with Crippen LogP contribution in [0.5, 0.6) is 0 Å². The van der Waals surface area contributed by atoms with Gasteiger partial charge in [-0.2, -0.15) is 0 Å². The zero-order valence-electron chi connectivity index (χ0n) is 22.8. The first-order valence-electron chi connectivity index (χ1n) is 14.1. The standard InChI is InChI=1S/C31H38F3N3O2/c1-20-5-3-6-21(2)28(20)30(39)37-18-24-16-36(17-25(24)19-37)14-11-27(23-7-4-8-26(32)15-23)35-29(38)22-9-12-31(33,34)13-10-22/h3-8,15,22,24-25,27H,9-14,16-19H2,1-2H3,(H,35,38)/t24-,25?,27?/m0/s1. The summed E-state index contributed by atoms with van der Waals surface area (Å²) in [7, 11) is 0. The fourth-order valence-corrected chi connectivity index (χ4v) is 6.70. The van der Waals surface area contributed by atoms with E-state index >= 15 is 0 Å². The van der Waals surface area contributed by atoms with E-state index in [2.05, 4.69) is 10.2 Å². The third-order valence-electron chi connectivity index (χ3n) is 8.93. The maximum atomic E-state index is 14.0. The molecule has 3 atom stereocenters. The monoisotopic (exact) mass is 541 g/mol. The van der Waals surface area contributed by atoms with Gasteiger partial charge in [0.25, 0.3) is 5.91 Å². The van der Waals surface area contributed by atoms with Gasteiger partial charge >= 0.3 is 0 Å². The quantitative estimate of drug-likeness (QED) is 0.502. The Morgan fingerprint density at radius 1 is 0.974 bits per heavy atom. The van der Waals surface area contributed by atoms with Gasteiger partial charge in [0, 0.05) is 57.0 Å². The second-order valence-electron chi connectivity index (χ2n) is 11.8. The van der Waals surface area contributed by atoms with Gasteiger partial charge in [0.15, 0.2) is 0 Å². The molecule has 2 aromatic carbocycles. The lowest BCUT2D eigenvalue weighted by Crippen LogP contribution is -2.39. The first-order valence-corrected chi connectivity index (χ1v) is 14.1. The molecule has 0 spiro atoms. The van der Waals surface area contributed by atoms with Crippen LogP contribution in [0.1, 0.15) is 65.2 Å². The molecule has 5 nitrogen and oxygen atoms in total. The van der Waals surface area contributed by atoms with Gasteiger partial charge in [-0.25, -0.2) is 13.2 Å². The van der Waals surface area contributed by atoms with Crippen LogP contribution < -0.4 is 5.32 Å². The highest BCUT2D eigenvalue weighted by molar-refractivity contribution is 5.97. The number of benzene rings is 2. The van der Waals surface area contributed by atoms with Gasteiger partial charge in [0.1, 0.15) is 5.82 Å². The molecule has 2 saturated heterocycles. The lowest BCUT2D eigenvalue weighted by molar-refractivity contribution is -0.130. The van der Waals surface area contributed by atoms with E-state index < -0.39 is 17.9 Å². The first-order chi connectivity index (χ1) is 18.6. The molecule has 210 valence electrons. The van der Waals surface area contributed by atoms with Crippen molar-refractivity contribution in [3.05, 3.63) is 70.5 Å². The minimum absolute atomic E-state index is 0.112. The first kappa shape index (κ1) is 27.7. The Morgan fingerprint density at radius 3 is 2.21 bits per heavy atom. The largest absolute Gasteiger partial charge is 0.349 e. The van der Waals surface area contributed by atoms with Crippen LogP contribution >= 0.6 is 0 Å². The number of rotatable bonds is 7. The van der Waals surface area contributed by atoms with Crippen molar-refractivity contribution in [1.82, 2.24) is 15.1 Å². The molecule has 3 fully saturated rings. The lowest BCUT2D eigenvalue weighted by Gasteiger charge is -2.30. The summed E-state index contributed by atoms with van der Waals surface area (Å²) in [4.78, 5) is 30.6. The molecule has 2 aromatic rings. The Balaban J connectivity index is 1.18. The minimum atomic E-state index is -2.69. The molecule has 0 bridgehead atoms. The average Bonchev–Trinajstić information content (AvgIpc) is 3.45. The van der Waals surface area contributed by atoms with E-state index in [4.69, 9.17) is 0 Å². The van der Waals surface area contributed by atoms with Crippen molar-refractivity contribution in [2.45, 2.75) is 57.9 Å². The van der Waals surface area contributed by atoms with Crippen molar-refractivity contribution in [2.75, 3.05) is 32.7 Å². The molecule has 2 aliphatic heterocycles. The van der Waals surface area contributed by atoms with Crippen LogP contribution in [0.15, 0.2) is 42.5 Å². The van der Waals surface area contributed by atoms with Crippen LogP contribution in [0.25, 0.3) is 0 Å². The number of fused-ring (bicyclic) bond motifs is 1. The molecule has 2 amide bonds. The molecule has 8 heteroatoms. The molecule has 0 aromatic heterocycles. The van der Waals surface area contributed by atoms with Crippen molar-refractivity contribution < 1.29 is 22.8 Å². The Hall–Kier alpha value is -2.87. The maximum absolute atomic E-state index is 14.0. The van der Waals surface area contributed by atoms with E-state index in [1.54, 1.807) is 12.1 Å². The number of likely N-dealkylation sites (tertiary alicyclic amines) is 2. The van der Waals surface area contributed by atoms with E-state index in [-0.39, 0.29) is 43.3 Å². The molecule has 2 heterocycles. The topological polar surface area (TPSA) is 52.7 Å².